The number of rotatable bonds is 4. The molecule has 0 aliphatic heterocycles. The van der Waals surface area contributed by atoms with Crippen molar-refractivity contribution in [1.29, 1.82) is 0 Å². The van der Waals surface area contributed by atoms with E-state index in [0.717, 1.165) is 9.47 Å². The maximum Gasteiger partial charge on any atom is 0.233 e. The Morgan fingerprint density at radius 3 is 2.25 bits per heavy atom. The summed E-state index contributed by atoms with van der Waals surface area (Å²) in [6.07, 6.45) is 0. The van der Waals surface area contributed by atoms with Crippen LogP contribution in [0.25, 0.3) is 0 Å². The highest BCUT2D eigenvalue weighted by Crippen LogP contribution is 2.30. The predicted molar refractivity (Wildman–Crippen MR) is 86.5 cm³/mol. The van der Waals surface area contributed by atoms with Crippen molar-refractivity contribution in [2.24, 2.45) is 0 Å². The van der Waals surface area contributed by atoms with Crippen molar-refractivity contribution in [3.05, 3.63) is 0 Å². The summed E-state index contributed by atoms with van der Waals surface area (Å²) in [5, 5.41) is 15.0. The van der Waals surface area contributed by atoms with Crippen molar-refractivity contribution in [2.45, 2.75) is 69.1 Å². The number of anilines is 1. The maximum absolute atomic E-state index is 12.0. The van der Waals surface area contributed by atoms with Gasteiger partial charge in [-0.05, 0) is 48.5 Å². The third-order valence-corrected chi connectivity index (χ3v) is 4.06. The van der Waals surface area contributed by atoms with Crippen molar-refractivity contribution >= 4 is 34.1 Å². The van der Waals surface area contributed by atoms with Crippen LogP contribution < -0.4 is 10.6 Å². The van der Waals surface area contributed by atoms with Gasteiger partial charge >= 0.3 is 0 Å². The van der Waals surface area contributed by atoms with Crippen LogP contribution in [0.1, 0.15) is 48.5 Å². The molecule has 114 valence electrons. The fourth-order valence-corrected chi connectivity index (χ4v) is 3.41. The molecule has 1 heterocycles. The normalized spacial score (nSPS) is 13.9. The summed E-state index contributed by atoms with van der Waals surface area (Å²) in [7, 11) is 0. The van der Waals surface area contributed by atoms with Gasteiger partial charge in [-0.25, -0.2) is 0 Å². The van der Waals surface area contributed by atoms with Gasteiger partial charge in [0.2, 0.25) is 11.0 Å². The van der Waals surface area contributed by atoms with E-state index >= 15 is 0 Å². The van der Waals surface area contributed by atoms with Crippen LogP contribution in [0.2, 0.25) is 0 Å². The average Bonchev–Trinajstić information content (AvgIpc) is 2.59. The largest absolute Gasteiger partial charge is 0.355 e. The van der Waals surface area contributed by atoms with Crippen molar-refractivity contribution in [2.75, 3.05) is 5.32 Å². The summed E-state index contributed by atoms with van der Waals surface area (Å²) in [5.41, 5.74) is -0.261. The Kier molecular flexibility index (Phi) is 5.43. The third-order valence-electron chi connectivity index (χ3n) is 2.03. The molecule has 0 fully saturated rings. The molecule has 1 amide bonds. The van der Waals surface area contributed by atoms with Gasteiger partial charge in [-0.3, -0.25) is 4.79 Å². The minimum Gasteiger partial charge on any atom is -0.355 e. The molecule has 0 saturated carbocycles. The second kappa shape index (κ2) is 6.30. The van der Waals surface area contributed by atoms with Gasteiger partial charge in [0, 0.05) is 11.1 Å². The highest BCUT2D eigenvalue weighted by atomic mass is 32.2. The monoisotopic (exact) mass is 316 g/mol. The maximum atomic E-state index is 12.0. The second-order valence-corrected chi connectivity index (χ2v) is 9.31. The van der Waals surface area contributed by atoms with Gasteiger partial charge in [0.25, 0.3) is 0 Å². The molecule has 0 aliphatic carbocycles. The van der Waals surface area contributed by atoms with E-state index in [1.54, 1.807) is 0 Å². The Morgan fingerprint density at radius 1 is 1.15 bits per heavy atom. The number of hydrogen-bond donors (Lipinski definition) is 2. The SMILES string of the molecule is CC(Sc1nnc(NC(C)(C)C)s1)C(=O)NC(C)(C)C. The van der Waals surface area contributed by atoms with E-state index in [4.69, 9.17) is 0 Å². The van der Waals surface area contributed by atoms with Crippen LogP contribution in [-0.4, -0.2) is 32.4 Å². The van der Waals surface area contributed by atoms with Crippen molar-refractivity contribution in [3.63, 3.8) is 0 Å². The quantitative estimate of drug-likeness (QED) is 0.835. The minimum atomic E-state index is -0.216. The molecule has 5 nitrogen and oxygen atoms in total. The molecule has 2 N–H and O–H groups in total. The first-order valence-electron chi connectivity index (χ1n) is 6.57. The zero-order valence-electron chi connectivity index (χ0n) is 13.2. The molecule has 0 aliphatic rings. The van der Waals surface area contributed by atoms with Crippen LogP contribution in [0, 0.1) is 0 Å². The zero-order chi connectivity index (χ0) is 15.6. The van der Waals surface area contributed by atoms with Gasteiger partial charge in [-0.15, -0.1) is 10.2 Å². The smallest absolute Gasteiger partial charge is 0.233 e. The average molecular weight is 316 g/mol. The molecule has 0 spiro atoms. The molecule has 0 radical (unpaired) electrons. The van der Waals surface area contributed by atoms with E-state index in [0.29, 0.717) is 0 Å². The van der Waals surface area contributed by atoms with E-state index in [2.05, 4.69) is 41.6 Å². The Labute approximate surface area is 129 Å². The van der Waals surface area contributed by atoms with Crippen LogP contribution in [0.3, 0.4) is 0 Å². The summed E-state index contributed by atoms with van der Waals surface area (Å²) in [5.74, 6) is 0.0167. The molecule has 20 heavy (non-hydrogen) atoms. The van der Waals surface area contributed by atoms with Crippen LogP contribution in [0.5, 0.6) is 0 Å². The number of nitrogens with one attached hydrogen (secondary N) is 2. The minimum absolute atomic E-state index is 0.0167. The molecule has 7 heteroatoms. The van der Waals surface area contributed by atoms with Crippen molar-refractivity contribution in [3.8, 4) is 0 Å². The predicted octanol–water partition coefficient (Wildman–Crippen LogP) is 3.14. The van der Waals surface area contributed by atoms with E-state index in [-0.39, 0.29) is 22.2 Å². The standard InChI is InChI=1S/C13H24N4OS2/c1-8(9(18)14-12(2,3)4)19-11-17-16-10(20-11)15-13(5,6)7/h8H,1-7H3,(H,14,18)(H,15,16). The van der Waals surface area contributed by atoms with E-state index in [1.165, 1.54) is 23.1 Å². The number of carbonyl (C=O) groups is 1. The third kappa shape index (κ3) is 6.56. The first-order valence-corrected chi connectivity index (χ1v) is 8.26. The molecule has 1 unspecified atom stereocenters. The van der Waals surface area contributed by atoms with E-state index < -0.39 is 0 Å². The Bertz CT molecular complexity index is 460. The van der Waals surface area contributed by atoms with E-state index in [1.807, 2.05) is 27.7 Å². The van der Waals surface area contributed by atoms with Gasteiger partial charge in [0.05, 0.1) is 5.25 Å². The summed E-state index contributed by atoms with van der Waals surface area (Å²) in [6.45, 7) is 14.0. The zero-order valence-corrected chi connectivity index (χ0v) is 14.8. The van der Waals surface area contributed by atoms with Gasteiger partial charge in [0.1, 0.15) is 0 Å². The van der Waals surface area contributed by atoms with Crippen LogP contribution in [0.15, 0.2) is 4.34 Å². The lowest BCUT2D eigenvalue weighted by atomic mass is 10.1. The number of amides is 1. The molecule has 0 aromatic carbocycles. The van der Waals surface area contributed by atoms with Crippen molar-refractivity contribution < 1.29 is 4.79 Å². The summed E-state index contributed by atoms with van der Waals surface area (Å²) in [4.78, 5) is 12.0. The fraction of sp³-hybridized carbons (Fsp3) is 0.769. The summed E-state index contributed by atoms with van der Waals surface area (Å²) < 4.78 is 0.799. The second-order valence-electron chi connectivity index (χ2n) is 6.75. The Balaban J connectivity index is 2.59. The molecule has 1 aromatic heterocycles. The van der Waals surface area contributed by atoms with Gasteiger partial charge in [-0.1, -0.05) is 23.1 Å². The molecule has 1 aromatic rings. The highest BCUT2D eigenvalue weighted by molar-refractivity contribution is 8.02. The molecule has 1 rings (SSSR count). The summed E-state index contributed by atoms with van der Waals surface area (Å²) in [6, 6.07) is 0. The first-order chi connectivity index (χ1) is 8.96. The number of thioether (sulfide) groups is 1. The van der Waals surface area contributed by atoms with Gasteiger partial charge < -0.3 is 10.6 Å². The fourth-order valence-electron chi connectivity index (χ4n) is 1.30. The number of carbonyl (C=O) groups excluding carboxylic acids is 1. The molecule has 0 saturated heterocycles. The van der Waals surface area contributed by atoms with Crippen LogP contribution >= 0.6 is 23.1 Å². The van der Waals surface area contributed by atoms with Gasteiger partial charge in [0.15, 0.2) is 4.34 Å². The van der Waals surface area contributed by atoms with Crippen LogP contribution in [0.4, 0.5) is 5.13 Å². The molecular weight excluding hydrogens is 292 g/mol. The highest BCUT2D eigenvalue weighted by Gasteiger charge is 2.22. The lowest BCUT2D eigenvalue weighted by Crippen LogP contribution is -2.44. The van der Waals surface area contributed by atoms with Crippen molar-refractivity contribution in [1.82, 2.24) is 15.5 Å². The van der Waals surface area contributed by atoms with Crippen LogP contribution in [-0.2, 0) is 4.79 Å². The Morgan fingerprint density at radius 2 is 1.75 bits per heavy atom. The number of aromatic nitrogens is 2. The number of nitrogens with zero attached hydrogens (tertiary/aromatic N) is 2. The number of hydrogen-bond acceptors (Lipinski definition) is 6. The lowest BCUT2D eigenvalue weighted by molar-refractivity contribution is -0.121. The van der Waals surface area contributed by atoms with Gasteiger partial charge in [-0.2, -0.15) is 0 Å². The lowest BCUT2D eigenvalue weighted by Gasteiger charge is -2.22. The topological polar surface area (TPSA) is 66.9 Å². The molecule has 1 atom stereocenters. The first kappa shape index (κ1) is 17.2. The Hall–Kier alpha value is -0.820. The molecule has 0 bridgehead atoms. The summed E-state index contributed by atoms with van der Waals surface area (Å²) >= 11 is 2.91. The molecular formula is C13H24N4OS2. The van der Waals surface area contributed by atoms with E-state index in [9.17, 15) is 4.79 Å².